The zero-order valence-electron chi connectivity index (χ0n) is 13.7. The highest BCUT2D eigenvalue weighted by molar-refractivity contribution is 9.10. The SMILES string of the molecule is COc1ccc(Br)cc1CSCc1ccccc1C1=NCCCN1. The second-order valence-electron chi connectivity index (χ2n) is 5.62. The van der Waals surface area contributed by atoms with Crippen LogP contribution in [0.25, 0.3) is 0 Å². The summed E-state index contributed by atoms with van der Waals surface area (Å²) in [7, 11) is 1.72. The zero-order chi connectivity index (χ0) is 16.8. The Morgan fingerprint density at radius 1 is 1.17 bits per heavy atom. The number of ether oxygens (including phenoxy) is 1. The molecule has 3 rings (SSSR count). The molecule has 0 spiro atoms. The number of amidine groups is 1. The highest BCUT2D eigenvalue weighted by Gasteiger charge is 2.12. The molecular weight excluding hydrogens is 384 g/mol. The number of methoxy groups -OCH3 is 1. The van der Waals surface area contributed by atoms with E-state index in [0.717, 1.165) is 47.1 Å². The van der Waals surface area contributed by atoms with Gasteiger partial charge in [0.25, 0.3) is 0 Å². The minimum absolute atomic E-state index is 0.914. The molecule has 0 aliphatic carbocycles. The van der Waals surface area contributed by atoms with Gasteiger partial charge >= 0.3 is 0 Å². The summed E-state index contributed by atoms with van der Waals surface area (Å²) in [5.74, 6) is 3.85. The molecular formula is C19H21BrN2OS. The number of rotatable bonds is 6. The number of halogens is 1. The van der Waals surface area contributed by atoms with Gasteiger partial charge in [0.2, 0.25) is 0 Å². The fourth-order valence-corrected chi connectivity index (χ4v) is 4.15. The molecule has 1 N–H and O–H groups in total. The van der Waals surface area contributed by atoms with Crippen LogP contribution in [0.5, 0.6) is 5.75 Å². The maximum absolute atomic E-state index is 5.46. The number of hydrogen-bond acceptors (Lipinski definition) is 4. The lowest BCUT2D eigenvalue weighted by atomic mass is 10.1. The van der Waals surface area contributed by atoms with E-state index in [0.29, 0.717) is 0 Å². The van der Waals surface area contributed by atoms with Gasteiger partial charge in [-0.25, -0.2) is 0 Å². The molecule has 0 saturated carbocycles. The van der Waals surface area contributed by atoms with E-state index in [1.165, 1.54) is 16.7 Å². The van der Waals surface area contributed by atoms with Gasteiger partial charge in [-0.3, -0.25) is 4.99 Å². The van der Waals surface area contributed by atoms with Gasteiger partial charge in [-0.2, -0.15) is 11.8 Å². The van der Waals surface area contributed by atoms with Gasteiger partial charge in [0.05, 0.1) is 7.11 Å². The fourth-order valence-electron chi connectivity index (χ4n) is 2.72. The summed E-state index contributed by atoms with van der Waals surface area (Å²) < 4.78 is 6.54. The highest BCUT2D eigenvalue weighted by Crippen LogP contribution is 2.28. The van der Waals surface area contributed by atoms with E-state index in [2.05, 4.69) is 56.6 Å². The first kappa shape index (κ1) is 17.4. The topological polar surface area (TPSA) is 33.6 Å². The molecule has 0 atom stereocenters. The average Bonchev–Trinajstić information content (AvgIpc) is 2.63. The van der Waals surface area contributed by atoms with E-state index in [-0.39, 0.29) is 0 Å². The molecule has 24 heavy (non-hydrogen) atoms. The van der Waals surface area contributed by atoms with E-state index in [1.54, 1.807) is 7.11 Å². The van der Waals surface area contributed by atoms with E-state index in [9.17, 15) is 0 Å². The standard InChI is InChI=1S/C19H21BrN2OS/c1-23-18-8-7-16(20)11-15(18)13-24-12-14-5-2-3-6-17(14)19-21-9-4-10-22-19/h2-3,5-8,11H,4,9-10,12-13H2,1H3,(H,21,22). The zero-order valence-corrected chi connectivity index (χ0v) is 16.1. The fraction of sp³-hybridized carbons (Fsp3) is 0.316. The molecule has 1 heterocycles. The minimum atomic E-state index is 0.914. The third-order valence-corrected chi connectivity index (χ3v) is 5.45. The Kier molecular flexibility index (Phi) is 6.21. The molecule has 0 unspecified atom stereocenters. The second-order valence-corrected chi connectivity index (χ2v) is 7.52. The van der Waals surface area contributed by atoms with Crippen molar-refractivity contribution in [1.82, 2.24) is 5.32 Å². The Hall–Kier alpha value is -1.46. The van der Waals surface area contributed by atoms with Gasteiger partial charge in [-0.1, -0.05) is 40.2 Å². The maximum Gasteiger partial charge on any atom is 0.128 e. The van der Waals surface area contributed by atoms with Crippen molar-refractivity contribution in [3.63, 3.8) is 0 Å². The Bertz CT molecular complexity index is 733. The lowest BCUT2D eigenvalue weighted by Gasteiger charge is -2.17. The predicted octanol–water partition coefficient (Wildman–Crippen LogP) is 4.63. The molecule has 0 saturated heterocycles. The van der Waals surface area contributed by atoms with Crippen LogP contribution >= 0.6 is 27.7 Å². The highest BCUT2D eigenvalue weighted by atomic mass is 79.9. The van der Waals surface area contributed by atoms with Crippen LogP contribution in [0.1, 0.15) is 23.1 Å². The molecule has 0 fully saturated rings. The first-order valence-corrected chi connectivity index (χ1v) is 9.99. The summed E-state index contributed by atoms with van der Waals surface area (Å²) in [6, 6.07) is 14.7. The van der Waals surface area contributed by atoms with E-state index in [1.807, 2.05) is 23.9 Å². The Labute approximate surface area is 156 Å². The molecule has 1 aliphatic heterocycles. The van der Waals surface area contributed by atoms with E-state index in [4.69, 9.17) is 4.74 Å². The van der Waals surface area contributed by atoms with Crippen LogP contribution in [0.2, 0.25) is 0 Å². The first-order valence-electron chi connectivity index (χ1n) is 8.04. The first-order chi connectivity index (χ1) is 11.8. The van der Waals surface area contributed by atoms with Crippen molar-refractivity contribution in [3.05, 3.63) is 63.6 Å². The van der Waals surface area contributed by atoms with Gasteiger partial charge in [-0.15, -0.1) is 0 Å². The van der Waals surface area contributed by atoms with E-state index >= 15 is 0 Å². The maximum atomic E-state index is 5.46. The summed E-state index contributed by atoms with van der Waals surface area (Å²) >= 11 is 5.43. The van der Waals surface area contributed by atoms with Crippen molar-refractivity contribution < 1.29 is 4.74 Å². The molecule has 1 aliphatic rings. The summed E-state index contributed by atoms with van der Waals surface area (Å²) in [5.41, 5.74) is 3.76. The van der Waals surface area contributed by atoms with Crippen LogP contribution in [0.3, 0.4) is 0 Å². The van der Waals surface area contributed by atoms with E-state index < -0.39 is 0 Å². The Balaban J connectivity index is 1.69. The van der Waals surface area contributed by atoms with Gasteiger partial charge in [0, 0.05) is 40.2 Å². The smallest absolute Gasteiger partial charge is 0.128 e. The van der Waals surface area contributed by atoms with Crippen LogP contribution in [0.15, 0.2) is 51.9 Å². The van der Waals surface area contributed by atoms with Crippen LogP contribution in [-0.2, 0) is 11.5 Å². The van der Waals surface area contributed by atoms with Crippen LogP contribution in [-0.4, -0.2) is 26.0 Å². The van der Waals surface area contributed by atoms with Gasteiger partial charge in [0.15, 0.2) is 0 Å². The van der Waals surface area contributed by atoms with Crippen molar-refractivity contribution in [2.75, 3.05) is 20.2 Å². The number of benzene rings is 2. The molecule has 0 radical (unpaired) electrons. The summed E-state index contributed by atoms with van der Waals surface area (Å²) in [4.78, 5) is 4.64. The molecule has 2 aromatic rings. The van der Waals surface area contributed by atoms with Gasteiger partial charge in [-0.05, 0) is 30.2 Å². The third kappa shape index (κ3) is 4.33. The quantitative estimate of drug-likeness (QED) is 0.761. The van der Waals surface area contributed by atoms with Crippen molar-refractivity contribution in [2.24, 2.45) is 4.99 Å². The predicted molar refractivity (Wildman–Crippen MR) is 106 cm³/mol. The molecule has 0 bridgehead atoms. The number of nitrogens with one attached hydrogen (secondary N) is 1. The normalized spacial score (nSPS) is 14.0. The summed E-state index contributed by atoms with van der Waals surface area (Å²) in [6.07, 6.45) is 1.11. The molecule has 0 aromatic heterocycles. The van der Waals surface area contributed by atoms with Crippen molar-refractivity contribution in [3.8, 4) is 5.75 Å². The number of aliphatic imine (C=N–C) groups is 1. The van der Waals surface area contributed by atoms with Crippen molar-refractivity contribution in [2.45, 2.75) is 17.9 Å². The average molecular weight is 405 g/mol. The van der Waals surface area contributed by atoms with Crippen LogP contribution in [0.4, 0.5) is 0 Å². The molecule has 2 aromatic carbocycles. The largest absolute Gasteiger partial charge is 0.496 e. The van der Waals surface area contributed by atoms with Gasteiger partial charge in [0.1, 0.15) is 11.6 Å². The monoisotopic (exact) mass is 404 g/mol. The molecule has 3 nitrogen and oxygen atoms in total. The number of nitrogens with zero attached hydrogens (tertiary/aromatic N) is 1. The lowest BCUT2D eigenvalue weighted by Crippen LogP contribution is -2.30. The lowest BCUT2D eigenvalue weighted by molar-refractivity contribution is 0.411. The van der Waals surface area contributed by atoms with Crippen molar-refractivity contribution in [1.29, 1.82) is 0 Å². The van der Waals surface area contributed by atoms with Crippen LogP contribution in [0, 0.1) is 0 Å². The molecule has 0 amide bonds. The van der Waals surface area contributed by atoms with Gasteiger partial charge < -0.3 is 10.1 Å². The van der Waals surface area contributed by atoms with Crippen molar-refractivity contribution >= 4 is 33.5 Å². The second kappa shape index (κ2) is 8.58. The molecule has 5 heteroatoms. The minimum Gasteiger partial charge on any atom is -0.496 e. The Morgan fingerprint density at radius 2 is 2.00 bits per heavy atom. The number of hydrogen-bond donors (Lipinski definition) is 1. The summed E-state index contributed by atoms with van der Waals surface area (Å²) in [5, 5.41) is 3.42. The molecule has 126 valence electrons. The summed E-state index contributed by atoms with van der Waals surface area (Å²) in [6.45, 7) is 1.93. The van der Waals surface area contributed by atoms with Crippen LogP contribution < -0.4 is 10.1 Å². The Morgan fingerprint density at radius 3 is 2.79 bits per heavy atom. The third-order valence-electron chi connectivity index (χ3n) is 3.93. The number of thioether (sulfide) groups is 1.